The van der Waals surface area contributed by atoms with Crippen LogP contribution in [0.4, 0.5) is 4.39 Å². The molecule has 0 fully saturated rings. The van der Waals surface area contributed by atoms with Crippen molar-refractivity contribution in [3.05, 3.63) is 131 Å². The van der Waals surface area contributed by atoms with Crippen molar-refractivity contribution >= 4 is 21.8 Å². The minimum absolute atomic E-state index is 0.0882. The number of carbonyl (C=O) groups is 2. The second-order valence-electron chi connectivity index (χ2n) is 10.9. The Bertz CT molecular complexity index is 1660. The molecule has 0 saturated heterocycles. The summed E-state index contributed by atoms with van der Waals surface area (Å²) in [7, 11) is -1.98. The van der Waals surface area contributed by atoms with Gasteiger partial charge in [-0.05, 0) is 71.5 Å². The fraction of sp³-hybridized carbons (Fsp3) is 0.278. The fourth-order valence-corrected chi connectivity index (χ4v) is 6.13. The average Bonchev–Trinajstić information content (AvgIpc) is 3.07. The van der Waals surface area contributed by atoms with Crippen molar-refractivity contribution in [2.75, 3.05) is 20.2 Å². The molecule has 46 heavy (non-hydrogen) atoms. The van der Waals surface area contributed by atoms with Crippen LogP contribution in [0, 0.1) is 5.82 Å². The summed E-state index contributed by atoms with van der Waals surface area (Å²) in [5, 5.41) is 3.03. The van der Waals surface area contributed by atoms with Crippen molar-refractivity contribution in [3.8, 4) is 5.75 Å². The van der Waals surface area contributed by atoms with E-state index in [9.17, 15) is 22.4 Å². The minimum Gasteiger partial charge on any atom is -0.497 e. The number of hydrogen-bond acceptors (Lipinski definition) is 5. The molecule has 0 saturated carbocycles. The Hall–Kier alpha value is -4.54. The first-order valence-electron chi connectivity index (χ1n) is 15.3. The Kier molecular flexibility index (Phi) is 12.4. The highest BCUT2D eigenvalue weighted by Gasteiger charge is 2.30. The lowest BCUT2D eigenvalue weighted by Crippen LogP contribution is -2.50. The molecule has 2 amide bonds. The topological polar surface area (TPSA) is 105 Å². The van der Waals surface area contributed by atoms with Crippen molar-refractivity contribution < 1.29 is 27.1 Å². The Balaban J connectivity index is 1.55. The molecule has 0 aromatic heterocycles. The number of carbonyl (C=O) groups excluding carboxylic acids is 2. The van der Waals surface area contributed by atoms with Crippen LogP contribution in [-0.2, 0) is 45.4 Å². The summed E-state index contributed by atoms with van der Waals surface area (Å²) in [6.45, 7) is 2.47. The second kappa shape index (κ2) is 16.7. The summed E-state index contributed by atoms with van der Waals surface area (Å²) >= 11 is 0. The molecule has 0 aliphatic heterocycles. The lowest BCUT2D eigenvalue weighted by molar-refractivity contribution is -0.141. The smallest absolute Gasteiger partial charge is 0.243 e. The monoisotopic (exact) mass is 645 g/mol. The number of nitrogens with one attached hydrogen (secondary N) is 2. The zero-order chi connectivity index (χ0) is 32.9. The van der Waals surface area contributed by atoms with Gasteiger partial charge in [-0.25, -0.2) is 17.5 Å². The van der Waals surface area contributed by atoms with Crippen LogP contribution in [0.15, 0.2) is 108 Å². The fourth-order valence-electron chi connectivity index (χ4n) is 5.08. The molecule has 0 radical (unpaired) electrons. The van der Waals surface area contributed by atoms with Gasteiger partial charge in [-0.15, -0.1) is 0 Å². The maximum Gasteiger partial charge on any atom is 0.243 e. The van der Waals surface area contributed by atoms with Crippen LogP contribution >= 0.6 is 0 Å². The number of nitrogens with zero attached hydrogens (tertiary/aromatic N) is 1. The molecular formula is C36H40FN3O5S. The number of hydrogen-bond donors (Lipinski definition) is 2. The highest BCUT2D eigenvalue weighted by molar-refractivity contribution is 7.89. The van der Waals surface area contributed by atoms with Gasteiger partial charge < -0.3 is 15.0 Å². The number of sulfonamides is 1. The zero-order valence-corrected chi connectivity index (χ0v) is 26.9. The molecular weight excluding hydrogens is 605 g/mol. The van der Waals surface area contributed by atoms with Crippen LogP contribution < -0.4 is 14.8 Å². The van der Waals surface area contributed by atoms with Gasteiger partial charge in [-0.2, -0.15) is 0 Å². The number of ether oxygens (including phenoxy) is 1. The third-order valence-corrected chi connectivity index (χ3v) is 9.17. The van der Waals surface area contributed by atoms with Crippen molar-refractivity contribution in [1.29, 1.82) is 0 Å². The predicted molar refractivity (Wildman–Crippen MR) is 176 cm³/mol. The van der Waals surface area contributed by atoms with Gasteiger partial charge in [0.05, 0.1) is 12.0 Å². The van der Waals surface area contributed by atoms with E-state index in [0.29, 0.717) is 31.4 Å². The van der Waals surface area contributed by atoms with Crippen molar-refractivity contribution in [2.45, 2.75) is 50.1 Å². The van der Waals surface area contributed by atoms with Crippen LogP contribution in [0.25, 0.3) is 0 Å². The summed E-state index contributed by atoms with van der Waals surface area (Å²) in [4.78, 5) is 29.5. The van der Waals surface area contributed by atoms with Crippen molar-refractivity contribution in [3.63, 3.8) is 0 Å². The summed E-state index contributed by atoms with van der Waals surface area (Å²) in [6.07, 6.45) is 1.32. The minimum atomic E-state index is -3.59. The number of amides is 2. The standard InChI is InChI=1S/C36H40FN3O5S/c1-3-39-46(43,44)33-20-13-27(14-21-33)15-22-35(41)40(26-30-9-16-31(37)17-10-30)34(25-29-7-5-4-6-8-29)36(42)38-24-23-28-11-18-32(45-2)19-12-28/h4-14,16-21,34,39H,3,15,22-26H2,1-2H3,(H,38,42)/t34-/m0/s1. The van der Waals surface area contributed by atoms with Gasteiger partial charge in [0.1, 0.15) is 17.6 Å². The Labute approximate surface area is 270 Å². The molecule has 0 heterocycles. The van der Waals surface area contributed by atoms with E-state index < -0.39 is 21.9 Å². The van der Waals surface area contributed by atoms with E-state index in [1.807, 2.05) is 54.6 Å². The van der Waals surface area contributed by atoms with Gasteiger partial charge in [0.25, 0.3) is 0 Å². The maximum atomic E-state index is 13.9. The number of aryl methyl sites for hydroxylation is 1. The van der Waals surface area contributed by atoms with Gasteiger partial charge in [-0.3, -0.25) is 9.59 Å². The lowest BCUT2D eigenvalue weighted by atomic mass is 10.0. The van der Waals surface area contributed by atoms with Gasteiger partial charge in [0.15, 0.2) is 0 Å². The molecule has 4 rings (SSSR count). The first-order valence-corrected chi connectivity index (χ1v) is 16.7. The van der Waals surface area contributed by atoms with Gasteiger partial charge in [0, 0.05) is 32.5 Å². The largest absolute Gasteiger partial charge is 0.497 e. The van der Waals surface area contributed by atoms with Gasteiger partial charge in [-0.1, -0.05) is 73.7 Å². The number of rotatable bonds is 16. The summed E-state index contributed by atoms with van der Waals surface area (Å²) in [6, 6.07) is 28.6. The molecule has 242 valence electrons. The van der Waals surface area contributed by atoms with Gasteiger partial charge in [0.2, 0.25) is 21.8 Å². The SMILES string of the molecule is CCNS(=O)(=O)c1ccc(CCC(=O)N(Cc2ccc(F)cc2)[C@@H](Cc2ccccc2)C(=O)NCCc2ccc(OC)cc2)cc1. The molecule has 2 N–H and O–H groups in total. The third-order valence-electron chi connectivity index (χ3n) is 7.60. The predicted octanol–water partition coefficient (Wildman–Crippen LogP) is 5.06. The molecule has 0 bridgehead atoms. The molecule has 1 atom stereocenters. The van der Waals surface area contributed by atoms with E-state index >= 15 is 0 Å². The quantitative estimate of drug-likeness (QED) is 0.177. The Morgan fingerprint density at radius 1 is 0.804 bits per heavy atom. The lowest BCUT2D eigenvalue weighted by Gasteiger charge is -2.32. The molecule has 4 aromatic rings. The summed E-state index contributed by atoms with van der Waals surface area (Å²) in [5.74, 6) is -0.177. The van der Waals surface area contributed by atoms with E-state index in [-0.39, 0.29) is 36.2 Å². The third kappa shape index (κ3) is 9.98. The van der Waals surface area contributed by atoms with Crippen molar-refractivity contribution in [1.82, 2.24) is 14.9 Å². The number of halogens is 1. The Morgan fingerprint density at radius 3 is 2.04 bits per heavy atom. The van der Waals surface area contributed by atoms with E-state index in [1.165, 1.54) is 24.3 Å². The number of benzene rings is 4. The van der Waals surface area contributed by atoms with Crippen LogP contribution in [0.3, 0.4) is 0 Å². The average molecular weight is 646 g/mol. The van der Waals surface area contributed by atoms with Crippen molar-refractivity contribution in [2.24, 2.45) is 0 Å². The highest BCUT2D eigenvalue weighted by atomic mass is 32.2. The first-order chi connectivity index (χ1) is 22.2. The molecule has 4 aromatic carbocycles. The maximum absolute atomic E-state index is 13.9. The van der Waals surface area contributed by atoms with E-state index in [0.717, 1.165) is 22.4 Å². The molecule has 0 spiro atoms. The number of methoxy groups -OCH3 is 1. The van der Waals surface area contributed by atoms with E-state index in [2.05, 4.69) is 10.0 Å². The molecule has 8 nitrogen and oxygen atoms in total. The van der Waals surface area contributed by atoms with Crippen LogP contribution in [0.5, 0.6) is 5.75 Å². The van der Waals surface area contributed by atoms with Crippen LogP contribution in [0.1, 0.15) is 35.6 Å². The van der Waals surface area contributed by atoms with Gasteiger partial charge >= 0.3 is 0 Å². The first kappa shape index (κ1) is 34.3. The van der Waals surface area contributed by atoms with Crippen LogP contribution in [0.2, 0.25) is 0 Å². The highest BCUT2D eigenvalue weighted by Crippen LogP contribution is 2.19. The second-order valence-corrected chi connectivity index (χ2v) is 12.7. The Morgan fingerprint density at radius 2 is 1.41 bits per heavy atom. The molecule has 10 heteroatoms. The summed E-state index contributed by atoms with van der Waals surface area (Å²) in [5.41, 5.74) is 3.40. The normalized spacial score (nSPS) is 11.9. The van der Waals surface area contributed by atoms with E-state index in [4.69, 9.17) is 4.74 Å². The summed E-state index contributed by atoms with van der Waals surface area (Å²) < 4.78 is 46.1. The van der Waals surface area contributed by atoms with E-state index in [1.54, 1.807) is 43.2 Å². The van der Waals surface area contributed by atoms with Crippen LogP contribution in [-0.4, -0.2) is 51.4 Å². The molecule has 0 aliphatic carbocycles. The molecule has 0 aliphatic rings. The molecule has 0 unspecified atom stereocenters. The zero-order valence-electron chi connectivity index (χ0n) is 26.1.